The van der Waals surface area contributed by atoms with Crippen molar-refractivity contribution in [3.05, 3.63) is 235 Å². The second-order valence-corrected chi connectivity index (χ2v) is 20.3. The van der Waals surface area contributed by atoms with Gasteiger partial charge >= 0.3 is 0 Å². The molecule has 16 rings (SSSR count). The zero-order valence-electron chi connectivity index (χ0n) is 39.8. The van der Waals surface area contributed by atoms with Gasteiger partial charge in [0.15, 0.2) is 11.2 Å². The van der Waals surface area contributed by atoms with Gasteiger partial charge in [0.05, 0.1) is 50.3 Å². The molecule has 0 radical (unpaired) electrons. The first-order valence-electron chi connectivity index (χ1n) is 24.9. The van der Waals surface area contributed by atoms with E-state index < -0.39 is 0 Å². The molecule has 0 aliphatic carbocycles. The fourth-order valence-electron chi connectivity index (χ4n) is 12.2. The highest BCUT2D eigenvalue weighted by molar-refractivity contribution is 7.26. The fourth-order valence-corrected chi connectivity index (χ4v) is 13.5. The molecule has 5 heterocycles. The van der Waals surface area contributed by atoms with Gasteiger partial charge in [-0.15, -0.1) is 11.3 Å². The van der Waals surface area contributed by atoms with Crippen LogP contribution in [0.1, 0.15) is 5.56 Å². The van der Waals surface area contributed by atoms with E-state index in [0.29, 0.717) is 33.8 Å². The van der Waals surface area contributed by atoms with Gasteiger partial charge in [0.2, 0.25) is 5.69 Å². The van der Waals surface area contributed by atoms with Gasteiger partial charge in [0.1, 0.15) is 17.2 Å². The summed E-state index contributed by atoms with van der Waals surface area (Å²) >= 11 is 1.76. The molecule has 6 nitrogen and oxygen atoms in total. The summed E-state index contributed by atoms with van der Waals surface area (Å²) in [5, 5.41) is 22.4. The van der Waals surface area contributed by atoms with Crippen LogP contribution in [0.25, 0.3) is 157 Å². The summed E-state index contributed by atoms with van der Waals surface area (Å²) in [7, 11) is 0. The number of benzene rings is 11. The van der Waals surface area contributed by atoms with E-state index in [1.807, 2.05) is 72.8 Å². The Hall–Kier alpha value is -10.2. The molecule has 0 atom stereocenters. The van der Waals surface area contributed by atoms with E-state index >= 15 is 0 Å². The summed E-state index contributed by atoms with van der Waals surface area (Å²) in [4.78, 5) is 4.64. The van der Waals surface area contributed by atoms with Crippen molar-refractivity contribution < 1.29 is 8.83 Å². The van der Waals surface area contributed by atoms with Crippen LogP contribution in [0.15, 0.2) is 227 Å². The first-order chi connectivity index (χ1) is 37.2. The van der Waals surface area contributed by atoms with Crippen LogP contribution in [-0.4, -0.2) is 9.13 Å². The molecule has 0 saturated heterocycles. The van der Waals surface area contributed by atoms with Crippen molar-refractivity contribution in [2.75, 3.05) is 0 Å². The van der Waals surface area contributed by atoms with Gasteiger partial charge < -0.3 is 18.0 Å². The number of hydrogen-bond donors (Lipinski definition) is 0. The third-order valence-electron chi connectivity index (χ3n) is 15.4. The number of para-hydroxylation sites is 2. The standard InChI is InChI=1S/C68H36N4O2S/c1-70-60-58(40-19-7-3-8-20-40)53(38-69)61(71-54-26-14-11-23-43(54)46-30-34-50-52-37-42(39-17-5-2-6-18-39)29-36-56(52)74-67(50)62(46)71)59(41-21-9-4-10-22-41)65(60)72-63-47(31-33-49-44-24-12-15-27-55(44)73-66(49)63)48-32-35-51-45-25-13-16-28-57(45)75-68(51)64(48)72/h2-37H. The van der Waals surface area contributed by atoms with Crippen LogP contribution in [0, 0.1) is 17.9 Å². The molecule has 0 N–H and O–H groups in total. The Morgan fingerprint density at radius 1 is 0.413 bits per heavy atom. The number of rotatable bonds is 5. The van der Waals surface area contributed by atoms with Gasteiger partial charge in [-0.2, -0.15) is 5.26 Å². The summed E-state index contributed by atoms with van der Waals surface area (Å²) < 4.78 is 21.1. The Balaban J connectivity index is 1.18. The van der Waals surface area contributed by atoms with E-state index in [-0.39, 0.29) is 0 Å². The molecule has 75 heavy (non-hydrogen) atoms. The highest BCUT2D eigenvalue weighted by Crippen LogP contribution is 2.55. The van der Waals surface area contributed by atoms with Crippen molar-refractivity contribution in [2.24, 2.45) is 0 Å². The van der Waals surface area contributed by atoms with Crippen molar-refractivity contribution in [3.63, 3.8) is 0 Å². The summed E-state index contributed by atoms with van der Waals surface area (Å²) in [6.45, 7) is 9.54. The van der Waals surface area contributed by atoms with E-state index in [9.17, 15) is 11.8 Å². The van der Waals surface area contributed by atoms with E-state index in [1.165, 1.54) is 10.1 Å². The summed E-state index contributed by atoms with van der Waals surface area (Å²) in [5.74, 6) is 0. The highest BCUT2D eigenvalue weighted by Gasteiger charge is 2.34. The Kier molecular flexibility index (Phi) is 8.65. The molecule has 11 aromatic carbocycles. The molecule has 0 amide bonds. The van der Waals surface area contributed by atoms with Crippen LogP contribution >= 0.6 is 11.3 Å². The second-order valence-electron chi connectivity index (χ2n) is 19.2. The number of nitrogens with zero attached hydrogens (tertiary/aromatic N) is 4. The number of aromatic nitrogens is 2. The van der Waals surface area contributed by atoms with Gasteiger partial charge in [-0.3, -0.25) is 0 Å². The average Bonchev–Trinajstić information content (AvgIpc) is 4.43. The molecular weight excluding hydrogens is 937 g/mol. The molecule has 16 aromatic rings. The third-order valence-corrected chi connectivity index (χ3v) is 16.6. The van der Waals surface area contributed by atoms with Gasteiger partial charge in [-0.05, 0) is 64.7 Å². The third kappa shape index (κ3) is 5.70. The van der Waals surface area contributed by atoms with Gasteiger partial charge in [-0.25, -0.2) is 4.85 Å². The van der Waals surface area contributed by atoms with Crippen molar-refractivity contribution in [1.29, 1.82) is 5.26 Å². The smallest absolute Gasteiger partial charge is 0.220 e. The average molecular weight is 973 g/mol. The van der Waals surface area contributed by atoms with Crippen molar-refractivity contribution >= 4 is 125 Å². The minimum absolute atomic E-state index is 0.355. The SMILES string of the molecule is [C-]#[N+]c1c(-c2ccccc2)c(C#N)c(-n2c3ccccc3c3ccc4c5cc(-c6ccccc6)ccc5oc4c32)c(-c2ccccc2)c1-n1c2c(ccc3c4ccccc4oc32)c2ccc3c4ccccc4sc3c21. The number of thiophene rings is 1. The molecule has 0 fully saturated rings. The van der Waals surface area contributed by atoms with Gasteiger partial charge in [-0.1, -0.05) is 176 Å². The molecule has 7 heteroatoms. The molecule has 0 aliphatic heterocycles. The Bertz CT molecular complexity index is 5070. The fraction of sp³-hybridized carbons (Fsp3) is 0. The van der Waals surface area contributed by atoms with Crippen molar-refractivity contribution in [3.8, 4) is 50.8 Å². The quantitative estimate of drug-likeness (QED) is 0.161. The van der Waals surface area contributed by atoms with E-state index in [0.717, 1.165) is 120 Å². The molecular formula is C68H36N4O2S. The van der Waals surface area contributed by atoms with Crippen LogP contribution in [-0.2, 0) is 0 Å². The molecule has 346 valence electrons. The zero-order valence-corrected chi connectivity index (χ0v) is 40.6. The Labute approximate surface area is 431 Å². The Morgan fingerprint density at radius 3 is 1.65 bits per heavy atom. The topological polar surface area (TPSA) is 64.3 Å². The van der Waals surface area contributed by atoms with Gasteiger partial charge in [0, 0.05) is 69.7 Å². The predicted molar refractivity (Wildman–Crippen MR) is 310 cm³/mol. The van der Waals surface area contributed by atoms with Crippen LogP contribution < -0.4 is 0 Å². The first-order valence-corrected chi connectivity index (χ1v) is 25.7. The lowest BCUT2D eigenvalue weighted by Gasteiger charge is -2.25. The number of nitriles is 1. The number of furan rings is 2. The first kappa shape index (κ1) is 41.4. The van der Waals surface area contributed by atoms with E-state index in [4.69, 9.17) is 8.83 Å². The second kappa shape index (κ2) is 15.7. The maximum atomic E-state index is 12.2. The minimum atomic E-state index is 0.355. The maximum Gasteiger partial charge on any atom is 0.220 e. The highest BCUT2D eigenvalue weighted by atomic mass is 32.1. The lowest BCUT2D eigenvalue weighted by atomic mass is 9.88. The van der Waals surface area contributed by atoms with Crippen LogP contribution in [0.5, 0.6) is 0 Å². The summed E-state index contributed by atoms with van der Waals surface area (Å²) in [6, 6.07) is 78.3. The number of hydrogen-bond acceptors (Lipinski definition) is 4. The molecule has 0 saturated carbocycles. The maximum absolute atomic E-state index is 12.2. The monoisotopic (exact) mass is 972 g/mol. The zero-order chi connectivity index (χ0) is 49.5. The molecule has 0 aliphatic rings. The molecule has 0 unspecified atom stereocenters. The molecule has 0 spiro atoms. The van der Waals surface area contributed by atoms with Crippen molar-refractivity contribution in [2.45, 2.75) is 0 Å². The largest absolute Gasteiger partial charge is 0.454 e. The summed E-state index contributed by atoms with van der Waals surface area (Å²) in [6.07, 6.45) is 0. The van der Waals surface area contributed by atoms with E-state index in [1.54, 1.807) is 11.3 Å². The minimum Gasteiger partial charge on any atom is -0.454 e. The molecule has 0 bridgehead atoms. The Morgan fingerprint density at radius 2 is 0.947 bits per heavy atom. The van der Waals surface area contributed by atoms with Crippen LogP contribution in [0.2, 0.25) is 0 Å². The summed E-state index contributed by atoms with van der Waals surface area (Å²) in [5.41, 5.74) is 13.6. The lowest BCUT2D eigenvalue weighted by molar-refractivity contribution is 0.671. The van der Waals surface area contributed by atoms with Gasteiger partial charge in [0.25, 0.3) is 0 Å². The normalized spacial score (nSPS) is 12.0. The van der Waals surface area contributed by atoms with Crippen LogP contribution in [0.3, 0.4) is 0 Å². The lowest BCUT2D eigenvalue weighted by Crippen LogP contribution is -2.09. The van der Waals surface area contributed by atoms with Crippen molar-refractivity contribution in [1.82, 2.24) is 9.13 Å². The molecule has 5 aromatic heterocycles. The van der Waals surface area contributed by atoms with Crippen LogP contribution in [0.4, 0.5) is 5.69 Å². The number of fused-ring (bicyclic) bond motifs is 18. The predicted octanol–water partition coefficient (Wildman–Crippen LogP) is 19.5. The van der Waals surface area contributed by atoms with E-state index in [2.05, 4.69) is 166 Å².